The Morgan fingerprint density at radius 1 is 1.14 bits per heavy atom. The van der Waals surface area contributed by atoms with E-state index in [-0.39, 0.29) is 5.91 Å². The molecule has 0 aliphatic carbocycles. The molecule has 1 amide bonds. The molecule has 0 radical (unpaired) electrons. The van der Waals surface area contributed by atoms with Gasteiger partial charge < -0.3 is 9.88 Å². The highest BCUT2D eigenvalue weighted by molar-refractivity contribution is 5.95. The lowest BCUT2D eigenvalue weighted by Crippen LogP contribution is -2.27. The first kappa shape index (κ1) is 18.4. The van der Waals surface area contributed by atoms with Crippen LogP contribution in [0.2, 0.25) is 0 Å². The van der Waals surface area contributed by atoms with Crippen molar-refractivity contribution in [3.63, 3.8) is 0 Å². The standard InChI is InChI=1S/C21H26N6O/c1-16-18(14-23-27(16)15-17-8-4-2-5-9-17)21(28)22-12-11-20-25-24-19-10-6-3-7-13-26(19)20/h2,4-5,8-9,14H,3,6-7,10-13,15H2,1H3,(H,22,28). The van der Waals surface area contributed by atoms with E-state index in [1.165, 1.54) is 19.3 Å². The van der Waals surface area contributed by atoms with Crippen molar-refractivity contribution in [2.24, 2.45) is 0 Å². The Labute approximate surface area is 164 Å². The van der Waals surface area contributed by atoms with Crippen LogP contribution in [0, 0.1) is 6.92 Å². The van der Waals surface area contributed by atoms with Crippen LogP contribution in [0.5, 0.6) is 0 Å². The van der Waals surface area contributed by atoms with Crippen LogP contribution in [0.25, 0.3) is 0 Å². The van der Waals surface area contributed by atoms with E-state index < -0.39 is 0 Å². The lowest BCUT2D eigenvalue weighted by atomic mass is 10.2. The fourth-order valence-corrected chi connectivity index (χ4v) is 3.70. The molecule has 3 heterocycles. The number of hydrogen-bond acceptors (Lipinski definition) is 4. The molecule has 1 aliphatic heterocycles. The minimum atomic E-state index is -0.0904. The van der Waals surface area contributed by atoms with Crippen LogP contribution in [0.4, 0.5) is 0 Å². The zero-order valence-electron chi connectivity index (χ0n) is 16.3. The van der Waals surface area contributed by atoms with Gasteiger partial charge in [0.25, 0.3) is 5.91 Å². The predicted octanol–water partition coefficient (Wildman–Crippen LogP) is 2.53. The molecule has 7 heteroatoms. The summed E-state index contributed by atoms with van der Waals surface area (Å²) in [7, 11) is 0. The van der Waals surface area contributed by atoms with Gasteiger partial charge >= 0.3 is 0 Å². The molecule has 0 saturated heterocycles. The molecule has 1 N–H and O–H groups in total. The molecule has 2 aromatic heterocycles. The monoisotopic (exact) mass is 378 g/mol. The fraction of sp³-hybridized carbons (Fsp3) is 0.429. The lowest BCUT2D eigenvalue weighted by molar-refractivity contribution is 0.0953. The number of aromatic nitrogens is 5. The van der Waals surface area contributed by atoms with Gasteiger partial charge in [0.2, 0.25) is 0 Å². The van der Waals surface area contributed by atoms with Gasteiger partial charge in [0, 0.05) is 31.6 Å². The number of nitrogens with one attached hydrogen (secondary N) is 1. The topological polar surface area (TPSA) is 77.6 Å². The first-order chi connectivity index (χ1) is 13.7. The quantitative estimate of drug-likeness (QED) is 0.715. The summed E-state index contributed by atoms with van der Waals surface area (Å²) in [6.07, 6.45) is 6.93. The van der Waals surface area contributed by atoms with E-state index in [4.69, 9.17) is 0 Å². The van der Waals surface area contributed by atoms with E-state index in [1.807, 2.05) is 29.8 Å². The van der Waals surface area contributed by atoms with Crippen LogP contribution in [0.15, 0.2) is 36.5 Å². The highest BCUT2D eigenvalue weighted by Crippen LogP contribution is 2.15. The third kappa shape index (κ3) is 3.98. The smallest absolute Gasteiger partial charge is 0.254 e. The molecule has 0 fully saturated rings. The van der Waals surface area contributed by atoms with E-state index in [0.29, 0.717) is 25.1 Å². The number of benzene rings is 1. The average Bonchev–Trinajstić information content (AvgIpc) is 3.17. The van der Waals surface area contributed by atoms with Crippen LogP contribution in [0.1, 0.15) is 52.5 Å². The molecule has 1 aromatic carbocycles. The number of amides is 1. The van der Waals surface area contributed by atoms with Gasteiger partial charge in [-0.2, -0.15) is 5.10 Å². The van der Waals surface area contributed by atoms with Crippen LogP contribution in [0.3, 0.4) is 0 Å². The third-order valence-electron chi connectivity index (χ3n) is 5.34. The maximum absolute atomic E-state index is 12.6. The molecule has 28 heavy (non-hydrogen) atoms. The lowest BCUT2D eigenvalue weighted by Gasteiger charge is -2.08. The SMILES string of the molecule is Cc1c(C(=O)NCCc2nnc3n2CCCCC3)cnn1Cc1ccccc1. The summed E-state index contributed by atoms with van der Waals surface area (Å²) in [5.41, 5.74) is 2.65. The van der Waals surface area contributed by atoms with Crippen molar-refractivity contribution >= 4 is 5.91 Å². The van der Waals surface area contributed by atoms with Gasteiger partial charge in [0.15, 0.2) is 0 Å². The summed E-state index contributed by atoms with van der Waals surface area (Å²) >= 11 is 0. The van der Waals surface area contributed by atoms with Crippen molar-refractivity contribution in [3.8, 4) is 0 Å². The van der Waals surface area contributed by atoms with Gasteiger partial charge in [0.05, 0.1) is 18.3 Å². The molecular formula is C21H26N6O. The molecular weight excluding hydrogens is 352 g/mol. The van der Waals surface area contributed by atoms with Gasteiger partial charge in [-0.15, -0.1) is 10.2 Å². The molecule has 0 bridgehead atoms. The fourth-order valence-electron chi connectivity index (χ4n) is 3.70. The third-order valence-corrected chi connectivity index (χ3v) is 5.34. The molecule has 0 atom stereocenters. The van der Waals surface area contributed by atoms with Crippen LogP contribution in [-0.4, -0.2) is 37.0 Å². The summed E-state index contributed by atoms with van der Waals surface area (Å²) in [5.74, 6) is 1.96. The van der Waals surface area contributed by atoms with Gasteiger partial charge in [-0.3, -0.25) is 9.48 Å². The van der Waals surface area contributed by atoms with Crippen LogP contribution in [-0.2, 0) is 25.9 Å². The number of carbonyl (C=O) groups is 1. The Balaban J connectivity index is 1.35. The molecule has 146 valence electrons. The van der Waals surface area contributed by atoms with Crippen LogP contribution >= 0.6 is 0 Å². The second kappa shape index (κ2) is 8.37. The van der Waals surface area contributed by atoms with E-state index in [2.05, 4.69) is 37.3 Å². The first-order valence-electron chi connectivity index (χ1n) is 9.98. The van der Waals surface area contributed by atoms with Gasteiger partial charge in [0.1, 0.15) is 11.6 Å². The molecule has 3 aromatic rings. The zero-order valence-corrected chi connectivity index (χ0v) is 16.3. The summed E-state index contributed by atoms with van der Waals surface area (Å²) in [6.45, 7) is 4.12. The summed E-state index contributed by atoms with van der Waals surface area (Å²) in [5, 5.41) is 16.0. The first-order valence-corrected chi connectivity index (χ1v) is 9.98. The average molecular weight is 378 g/mol. The molecule has 1 aliphatic rings. The maximum atomic E-state index is 12.6. The minimum Gasteiger partial charge on any atom is -0.351 e. The largest absolute Gasteiger partial charge is 0.351 e. The van der Waals surface area contributed by atoms with Crippen molar-refractivity contribution in [3.05, 3.63) is 65.0 Å². The van der Waals surface area contributed by atoms with Gasteiger partial charge in [-0.1, -0.05) is 36.8 Å². The molecule has 0 unspecified atom stereocenters. The van der Waals surface area contributed by atoms with E-state index in [0.717, 1.165) is 35.9 Å². The van der Waals surface area contributed by atoms with Crippen molar-refractivity contribution in [1.82, 2.24) is 29.9 Å². The normalized spacial score (nSPS) is 13.8. The van der Waals surface area contributed by atoms with Crippen molar-refractivity contribution < 1.29 is 4.79 Å². The summed E-state index contributed by atoms with van der Waals surface area (Å²) in [4.78, 5) is 12.6. The molecule has 0 saturated carbocycles. The van der Waals surface area contributed by atoms with E-state index in [1.54, 1.807) is 6.20 Å². The van der Waals surface area contributed by atoms with Crippen molar-refractivity contribution in [2.75, 3.05) is 6.54 Å². The second-order valence-corrected chi connectivity index (χ2v) is 7.29. The number of aryl methyl sites for hydroxylation is 1. The maximum Gasteiger partial charge on any atom is 0.254 e. The van der Waals surface area contributed by atoms with Gasteiger partial charge in [-0.05, 0) is 25.3 Å². The Kier molecular flexibility index (Phi) is 5.50. The number of carbonyl (C=O) groups excluding carboxylic acids is 1. The molecule has 4 rings (SSSR count). The Morgan fingerprint density at radius 3 is 2.86 bits per heavy atom. The highest BCUT2D eigenvalue weighted by Gasteiger charge is 2.16. The van der Waals surface area contributed by atoms with Crippen molar-refractivity contribution in [1.29, 1.82) is 0 Å². The summed E-state index contributed by atoms with van der Waals surface area (Å²) < 4.78 is 4.09. The van der Waals surface area contributed by atoms with Gasteiger partial charge in [-0.25, -0.2) is 0 Å². The number of nitrogens with zero attached hydrogens (tertiary/aromatic N) is 5. The predicted molar refractivity (Wildman–Crippen MR) is 106 cm³/mol. The molecule has 7 nitrogen and oxygen atoms in total. The molecule has 0 spiro atoms. The summed E-state index contributed by atoms with van der Waals surface area (Å²) in [6, 6.07) is 10.1. The number of rotatable bonds is 6. The number of fused-ring (bicyclic) bond motifs is 1. The van der Waals surface area contributed by atoms with Crippen molar-refractivity contribution in [2.45, 2.75) is 52.1 Å². The Hall–Kier alpha value is -2.96. The van der Waals surface area contributed by atoms with E-state index >= 15 is 0 Å². The second-order valence-electron chi connectivity index (χ2n) is 7.29. The van der Waals surface area contributed by atoms with Crippen LogP contribution < -0.4 is 5.32 Å². The Morgan fingerprint density at radius 2 is 2.00 bits per heavy atom. The zero-order chi connectivity index (χ0) is 19.3. The minimum absolute atomic E-state index is 0.0904. The van der Waals surface area contributed by atoms with E-state index in [9.17, 15) is 4.79 Å². The Bertz CT molecular complexity index is 943. The number of hydrogen-bond donors (Lipinski definition) is 1. The highest BCUT2D eigenvalue weighted by atomic mass is 16.1.